The van der Waals surface area contributed by atoms with Crippen LogP contribution < -0.4 is 0 Å². The van der Waals surface area contributed by atoms with Gasteiger partial charge in [0.25, 0.3) is 0 Å². The van der Waals surface area contributed by atoms with Gasteiger partial charge in [-0.25, -0.2) is 4.57 Å². The Morgan fingerprint density at radius 3 is 1.47 bits per heavy atom. The number of phosphoric ester groups is 1. The van der Waals surface area contributed by atoms with Gasteiger partial charge in [0.15, 0.2) is 6.10 Å². The van der Waals surface area contributed by atoms with Crippen molar-refractivity contribution in [3.05, 3.63) is 36.5 Å². The van der Waals surface area contributed by atoms with Gasteiger partial charge in [-0.3, -0.25) is 18.6 Å². The molecule has 0 heterocycles. The van der Waals surface area contributed by atoms with Crippen molar-refractivity contribution >= 4 is 19.8 Å². The van der Waals surface area contributed by atoms with E-state index < -0.39 is 75.7 Å². The van der Waals surface area contributed by atoms with E-state index in [1.54, 1.807) is 0 Å². The van der Waals surface area contributed by atoms with E-state index in [-0.39, 0.29) is 12.8 Å². The number of aliphatic hydroxyl groups is 5. The summed E-state index contributed by atoms with van der Waals surface area (Å²) in [5.41, 5.74) is 0. The van der Waals surface area contributed by atoms with E-state index in [9.17, 15) is 44.6 Å². The van der Waals surface area contributed by atoms with Crippen molar-refractivity contribution in [1.29, 1.82) is 0 Å². The fraction of sp³-hybridized carbons (Fsp3) is 0.822. The number of ether oxygens (including phenoxy) is 2. The van der Waals surface area contributed by atoms with E-state index in [1.165, 1.54) is 83.5 Å². The summed E-state index contributed by atoms with van der Waals surface area (Å²) in [6.07, 6.45) is 26.4. The molecule has 1 aliphatic rings. The second-order valence-electron chi connectivity index (χ2n) is 15.9. The van der Waals surface area contributed by atoms with Crippen molar-refractivity contribution in [2.45, 2.75) is 224 Å². The maximum atomic E-state index is 12.8. The molecular formula is C45H81O13P. The molecule has 6 unspecified atom stereocenters. The van der Waals surface area contributed by atoms with Crippen LogP contribution >= 0.6 is 7.82 Å². The first-order valence-corrected chi connectivity index (χ1v) is 24.3. The summed E-state index contributed by atoms with van der Waals surface area (Å²) in [6.45, 7) is 3.23. The lowest BCUT2D eigenvalue weighted by Crippen LogP contribution is -2.64. The summed E-state index contributed by atoms with van der Waals surface area (Å²) in [4.78, 5) is 35.6. The van der Waals surface area contributed by atoms with Crippen molar-refractivity contribution < 1.29 is 63.1 Å². The van der Waals surface area contributed by atoms with Crippen LogP contribution in [0.15, 0.2) is 36.5 Å². The van der Waals surface area contributed by atoms with Crippen molar-refractivity contribution in [3.63, 3.8) is 0 Å². The molecule has 0 saturated heterocycles. The van der Waals surface area contributed by atoms with Crippen LogP contribution in [0, 0.1) is 0 Å². The van der Waals surface area contributed by atoms with Crippen LogP contribution in [0.2, 0.25) is 0 Å². The Morgan fingerprint density at radius 2 is 0.949 bits per heavy atom. The standard InChI is InChI=1S/C45H81O13P/c1-3-5-7-9-11-13-15-17-19-21-23-25-27-29-31-33-38(46)55-35-37(36-56-59(53,54)58-45-43(51)41(49)40(48)42(50)44(45)52)57-39(47)34-32-30-28-26-24-22-20-18-16-14-12-10-8-6-4-2/h13,15,17,19,28,30,37,40-45,48-52H,3-12,14,16,18,20-27,29,31-36H2,1-2H3,(H,53,54)/b15-13+,19-17+,30-28+/t37-,40?,41-,42?,43?,44?,45?/m1/s1. The number of hydrogen-bond donors (Lipinski definition) is 6. The first-order chi connectivity index (χ1) is 28.4. The number of allylic oxidation sites excluding steroid dienone is 6. The van der Waals surface area contributed by atoms with Gasteiger partial charge < -0.3 is 39.9 Å². The molecule has 1 rings (SSSR count). The summed E-state index contributed by atoms with van der Waals surface area (Å²) >= 11 is 0. The lowest BCUT2D eigenvalue weighted by atomic mass is 9.85. The maximum Gasteiger partial charge on any atom is 0.472 e. The number of aliphatic hydroxyl groups excluding tert-OH is 5. The molecular weight excluding hydrogens is 779 g/mol. The maximum absolute atomic E-state index is 12.8. The minimum atomic E-state index is -5.13. The zero-order valence-corrected chi connectivity index (χ0v) is 37.2. The molecule has 0 aliphatic heterocycles. The van der Waals surface area contributed by atoms with E-state index in [2.05, 4.69) is 38.2 Å². The van der Waals surface area contributed by atoms with Gasteiger partial charge in [0.2, 0.25) is 0 Å². The molecule has 13 nitrogen and oxygen atoms in total. The molecule has 6 N–H and O–H groups in total. The molecule has 1 aliphatic carbocycles. The number of carbonyl (C=O) groups is 2. The Hall–Kier alpha value is -1.93. The average molecular weight is 861 g/mol. The van der Waals surface area contributed by atoms with Crippen molar-refractivity contribution in [2.75, 3.05) is 13.2 Å². The summed E-state index contributed by atoms with van der Waals surface area (Å²) in [7, 11) is -5.13. The molecule has 344 valence electrons. The predicted molar refractivity (Wildman–Crippen MR) is 230 cm³/mol. The van der Waals surface area contributed by atoms with E-state index >= 15 is 0 Å². The Kier molecular flexibility index (Phi) is 33.3. The van der Waals surface area contributed by atoms with Crippen LogP contribution in [0.5, 0.6) is 0 Å². The first kappa shape index (κ1) is 55.1. The topological polar surface area (TPSA) is 210 Å². The molecule has 0 bridgehead atoms. The van der Waals surface area contributed by atoms with Gasteiger partial charge in [0.05, 0.1) is 6.61 Å². The van der Waals surface area contributed by atoms with Crippen LogP contribution in [0.1, 0.15) is 181 Å². The normalized spacial score (nSPS) is 22.6. The van der Waals surface area contributed by atoms with Gasteiger partial charge in [0.1, 0.15) is 43.2 Å². The lowest BCUT2D eigenvalue weighted by Gasteiger charge is -2.41. The van der Waals surface area contributed by atoms with Gasteiger partial charge in [-0.15, -0.1) is 0 Å². The highest BCUT2D eigenvalue weighted by atomic mass is 31.2. The molecule has 59 heavy (non-hydrogen) atoms. The third kappa shape index (κ3) is 28.3. The molecule has 1 saturated carbocycles. The lowest BCUT2D eigenvalue weighted by molar-refractivity contribution is -0.220. The quantitative estimate of drug-likeness (QED) is 0.0114. The molecule has 0 radical (unpaired) electrons. The monoisotopic (exact) mass is 861 g/mol. The first-order valence-electron chi connectivity index (χ1n) is 22.8. The van der Waals surface area contributed by atoms with E-state index in [1.807, 2.05) is 12.2 Å². The third-order valence-electron chi connectivity index (χ3n) is 10.5. The number of unbranched alkanes of at least 4 members (excludes halogenated alkanes) is 20. The zero-order chi connectivity index (χ0) is 43.6. The van der Waals surface area contributed by atoms with Gasteiger partial charge in [-0.1, -0.05) is 153 Å². The highest BCUT2D eigenvalue weighted by molar-refractivity contribution is 7.47. The van der Waals surface area contributed by atoms with Crippen LogP contribution in [0.25, 0.3) is 0 Å². The van der Waals surface area contributed by atoms with Crippen LogP contribution in [0.3, 0.4) is 0 Å². The smallest absolute Gasteiger partial charge is 0.462 e. The van der Waals surface area contributed by atoms with Gasteiger partial charge in [0, 0.05) is 12.8 Å². The van der Waals surface area contributed by atoms with Crippen LogP contribution in [-0.4, -0.2) is 98.3 Å². The Morgan fingerprint density at radius 1 is 0.525 bits per heavy atom. The summed E-state index contributed by atoms with van der Waals surface area (Å²) in [6, 6.07) is 0. The van der Waals surface area contributed by atoms with E-state index in [0.29, 0.717) is 12.8 Å². The Labute approximate surface area is 355 Å². The summed E-state index contributed by atoms with van der Waals surface area (Å²) in [5.74, 6) is -1.17. The van der Waals surface area contributed by atoms with Gasteiger partial charge >= 0.3 is 19.8 Å². The third-order valence-corrected chi connectivity index (χ3v) is 11.5. The Balaban J connectivity index is 2.50. The van der Waals surface area contributed by atoms with Gasteiger partial charge in [-0.2, -0.15) is 0 Å². The minimum absolute atomic E-state index is 0.0106. The van der Waals surface area contributed by atoms with Gasteiger partial charge in [-0.05, 0) is 51.4 Å². The molecule has 0 spiro atoms. The summed E-state index contributed by atoms with van der Waals surface area (Å²) < 4.78 is 33.4. The molecule has 14 heteroatoms. The molecule has 1 fully saturated rings. The molecule has 8 atom stereocenters. The number of hydrogen-bond acceptors (Lipinski definition) is 12. The fourth-order valence-electron chi connectivity index (χ4n) is 6.77. The Bertz CT molecular complexity index is 1180. The average Bonchev–Trinajstić information content (AvgIpc) is 3.21. The van der Waals surface area contributed by atoms with E-state index in [0.717, 1.165) is 57.8 Å². The predicted octanol–water partition coefficient (Wildman–Crippen LogP) is 8.61. The van der Waals surface area contributed by atoms with E-state index in [4.69, 9.17) is 18.5 Å². The number of carbonyl (C=O) groups excluding carboxylic acids is 2. The molecule has 0 aromatic rings. The molecule has 0 aromatic heterocycles. The second kappa shape index (κ2) is 35.6. The SMILES string of the molecule is CCCCCC/C=C/C=C/CCCCCCCC(=O)OC[C@H](COP(=O)(O)OC1C(O)C(O)C(O)[C@@H](O)C1O)OC(=O)CC/C=C/CCCCCCCCCCCCC. The molecule has 0 amide bonds. The number of phosphoric acid groups is 1. The minimum Gasteiger partial charge on any atom is -0.462 e. The molecule has 0 aromatic carbocycles. The largest absolute Gasteiger partial charge is 0.472 e. The van der Waals surface area contributed by atoms with Crippen molar-refractivity contribution in [3.8, 4) is 0 Å². The number of rotatable bonds is 37. The summed E-state index contributed by atoms with van der Waals surface area (Å²) in [5, 5.41) is 50.1. The second-order valence-corrected chi connectivity index (χ2v) is 17.3. The number of esters is 2. The zero-order valence-electron chi connectivity index (χ0n) is 36.3. The fourth-order valence-corrected chi connectivity index (χ4v) is 7.74. The van der Waals surface area contributed by atoms with Crippen LogP contribution in [0.4, 0.5) is 0 Å². The highest BCUT2D eigenvalue weighted by Gasteiger charge is 2.51. The van der Waals surface area contributed by atoms with Crippen molar-refractivity contribution in [2.24, 2.45) is 0 Å². The highest BCUT2D eigenvalue weighted by Crippen LogP contribution is 2.47. The van der Waals surface area contributed by atoms with Crippen molar-refractivity contribution in [1.82, 2.24) is 0 Å². The van der Waals surface area contributed by atoms with Crippen LogP contribution in [-0.2, 0) is 32.7 Å².